The summed E-state index contributed by atoms with van der Waals surface area (Å²) in [6, 6.07) is 6.71. The number of fused-ring (bicyclic) bond motifs is 2. The number of thiophene rings is 1. The summed E-state index contributed by atoms with van der Waals surface area (Å²) in [5.41, 5.74) is 4.62. The molecule has 0 saturated carbocycles. The third-order valence-electron chi connectivity index (χ3n) is 9.17. The van der Waals surface area contributed by atoms with Gasteiger partial charge in [-0.3, -0.25) is 4.90 Å². The molecule has 2 saturated heterocycles. The van der Waals surface area contributed by atoms with Crippen LogP contribution in [0, 0.1) is 39.7 Å². The van der Waals surface area contributed by atoms with Crippen LogP contribution in [0.25, 0.3) is 32.1 Å². The fraction of sp³-hybridized carbons (Fsp3) is 0.438. The van der Waals surface area contributed by atoms with Crippen LogP contribution >= 0.6 is 22.9 Å². The molecule has 14 heteroatoms. The van der Waals surface area contributed by atoms with Crippen molar-refractivity contribution in [1.29, 1.82) is 10.5 Å². The third kappa shape index (κ3) is 4.75. The number of hydrogen-bond acceptors (Lipinski definition) is 10. The van der Waals surface area contributed by atoms with Crippen LogP contribution in [0.15, 0.2) is 12.1 Å². The SMILES string of the molecule is CC(C)(C#N)CN1CCOc2c(Cl)c(-c3ccc(F)c4sc(N)c(C#N)c34)c(F)c3nc(OC[C@@]45CCCN4C[C@H](F)C5)nc1c23. The zero-order valence-electron chi connectivity index (χ0n) is 25.1. The molecule has 2 aromatic carbocycles. The number of halogens is 4. The van der Waals surface area contributed by atoms with Gasteiger partial charge in [0.2, 0.25) is 0 Å². The van der Waals surface area contributed by atoms with Crippen molar-refractivity contribution in [3.63, 3.8) is 0 Å². The van der Waals surface area contributed by atoms with Gasteiger partial charge >= 0.3 is 6.01 Å². The Kier molecular flexibility index (Phi) is 7.35. The molecule has 2 N–H and O–H groups in total. The van der Waals surface area contributed by atoms with Crippen molar-refractivity contribution >= 4 is 54.7 Å². The van der Waals surface area contributed by atoms with E-state index in [1.54, 1.807) is 13.8 Å². The molecule has 5 heterocycles. The van der Waals surface area contributed by atoms with E-state index < -0.39 is 28.8 Å². The van der Waals surface area contributed by atoms with Crippen molar-refractivity contribution < 1.29 is 22.6 Å². The van der Waals surface area contributed by atoms with Gasteiger partial charge in [-0.2, -0.15) is 20.5 Å². The van der Waals surface area contributed by atoms with Gasteiger partial charge < -0.3 is 20.1 Å². The monoisotopic (exact) mass is 667 g/mol. The van der Waals surface area contributed by atoms with Crippen LogP contribution in [-0.4, -0.2) is 66.0 Å². The first-order valence-corrected chi connectivity index (χ1v) is 16.1. The van der Waals surface area contributed by atoms with E-state index in [0.29, 0.717) is 19.5 Å². The maximum atomic E-state index is 17.0. The molecule has 0 unspecified atom stereocenters. The molecule has 46 heavy (non-hydrogen) atoms. The van der Waals surface area contributed by atoms with Crippen LogP contribution in [0.2, 0.25) is 5.02 Å². The molecular weight excluding hydrogens is 639 g/mol. The summed E-state index contributed by atoms with van der Waals surface area (Å²) in [4.78, 5) is 13.2. The van der Waals surface area contributed by atoms with Gasteiger partial charge in [-0.05, 0) is 44.9 Å². The zero-order valence-corrected chi connectivity index (χ0v) is 26.7. The number of benzene rings is 2. The Balaban J connectivity index is 1.45. The first-order chi connectivity index (χ1) is 22.0. The normalized spacial score (nSPS) is 21.2. The quantitative estimate of drug-likeness (QED) is 0.242. The van der Waals surface area contributed by atoms with Crippen LogP contribution in [-0.2, 0) is 0 Å². The highest BCUT2D eigenvalue weighted by molar-refractivity contribution is 7.23. The Bertz CT molecular complexity index is 2010. The summed E-state index contributed by atoms with van der Waals surface area (Å²) in [5, 5.41) is 20.0. The largest absolute Gasteiger partial charge is 0.489 e. The zero-order chi connectivity index (χ0) is 32.5. The third-order valence-corrected chi connectivity index (χ3v) is 10.6. The maximum absolute atomic E-state index is 17.0. The van der Waals surface area contributed by atoms with Gasteiger partial charge in [-0.1, -0.05) is 17.7 Å². The van der Waals surface area contributed by atoms with Crippen molar-refractivity contribution in [2.75, 3.05) is 50.0 Å². The van der Waals surface area contributed by atoms with E-state index in [1.807, 2.05) is 11.0 Å². The van der Waals surface area contributed by atoms with Gasteiger partial charge in [-0.15, -0.1) is 11.3 Å². The fourth-order valence-corrected chi connectivity index (χ4v) is 8.37. The smallest absolute Gasteiger partial charge is 0.319 e. The van der Waals surface area contributed by atoms with Crippen LogP contribution in [0.5, 0.6) is 11.8 Å². The Hall–Kier alpha value is -4.04. The van der Waals surface area contributed by atoms with Gasteiger partial charge in [0.25, 0.3) is 0 Å². The average Bonchev–Trinajstić information content (AvgIpc) is 3.62. The highest BCUT2D eigenvalue weighted by atomic mass is 35.5. The molecule has 2 aromatic heterocycles. The summed E-state index contributed by atoms with van der Waals surface area (Å²) in [7, 11) is 0. The van der Waals surface area contributed by atoms with E-state index in [9.17, 15) is 19.3 Å². The van der Waals surface area contributed by atoms with E-state index in [-0.39, 0.29) is 85.0 Å². The van der Waals surface area contributed by atoms with Crippen molar-refractivity contribution in [2.45, 2.75) is 44.8 Å². The summed E-state index contributed by atoms with van der Waals surface area (Å²) < 4.78 is 58.9. The van der Waals surface area contributed by atoms with Gasteiger partial charge in [-0.25, -0.2) is 13.2 Å². The molecule has 0 spiro atoms. The molecule has 7 rings (SSSR count). The number of nitrogens with two attached hydrogens (primary N) is 1. The highest BCUT2D eigenvalue weighted by Gasteiger charge is 2.49. The summed E-state index contributed by atoms with van der Waals surface area (Å²) in [5.74, 6) is -1.07. The minimum absolute atomic E-state index is 0.0114. The average molecular weight is 668 g/mol. The number of nitriles is 2. The fourth-order valence-electron chi connectivity index (χ4n) is 7.09. The van der Waals surface area contributed by atoms with Crippen molar-refractivity contribution in [2.24, 2.45) is 5.41 Å². The molecule has 0 aliphatic carbocycles. The van der Waals surface area contributed by atoms with Crippen LogP contribution < -0.4 is 20.1 Å². The molecule has 238 valence electrons. The number of nitrogens with zero attached hydrogens (tertiary/aromatic N) is 6. The lowest BCUT2D eigenvalue weighted by Crippen LogP contribution is -2.43. The van der Waals surface area contributed by atoms with E-state index in [4.69, 9.17) is 31.8 Å². The molecule has 4 aromatic rings. The molecule has 2 atom stereocenters. The van der Waals surface area contributed by atoms with E-state index in [1.165, 1.54) is 12.1 Å². The number of rotatable bonds is 6. The molecular formula is C32H29ClF3N7O2S. The predicted octanol–water partition coefficient (Wildman–Crippen LogP) is 6.60. The first-order valence-electron chi connectivity index (χ1n) is 14.9. The van der Waals surface area contributed by atoms with Crippen molar-refractivity contribution in [3.8, 4) is 35.0 Å². The van der Waals surface area contributed by atoms with Crippen LogP contribution in [0.1, 0.15) is 38.7 Å². The second-order valence-corrected chi connectivity index (χ2v) is 14.2. The van der Waals surface area contributed by atoms with E-state index in [0.717, 1.165) is 30.7 Å². The number of aromatic nitrogens is 2. The number of ether oxygens (including phenoxy) is 2. The summed E-state index contributed by atoms with van der Waals surface area (Å²) >= 11 is 7.84. The van der Waals surface area contributed by atoms with Gasteiger partial charge in [0.05, 0.1) is 44.2 Å². The molecule has 0 radical (unpaired) electrons. The minimum atomic E-state index is -0.964. The van der Waals surface area contributed by atoms with E-state index in [2.05, 4.69) is 16.0 Å². The maximum Gasteiger partial charge on any atom is 0.319 e. The van der Waals surface area contributed by atoms with Gasteiger partial charge in [0, 0.05) is 30.5 Å². The summed E-state index contributed by atoms with van der Waals surface area (Å²) in [6.45, 7) is 5.44. The first kappa shape index (κ1) is 30.6. The van der Waals surface area contributed by atoms with Crippen LogP contribution in [0.3, 0.4) is 0 Å². The number of anilines is 2. The molecule has 9 nitrogen and oxygen atoms in total. The molecule has 0 amide bonds. The Labute approximate surface area is 271 Å². The Morgan fingerprint density at radius 2 is 2.04 bits per heavy atom. The van der Waals surface area contributed by atoms with Crippen molar-refractivity contribution in [1.82, 2.24) is 14.9 Å². The lowest BCUT2D eigenvalue weighted by Gasteiger charge is -2.31. The molecule has 3 aliphatic heterocycles. The lowest BCUT2D eigenvalue weighted by molar-refractivity contribution is 0.107. The number of alkyl halides is 1. The standard InChI is InChI=1S/C32H29ClF3N7O2S/c1-31(2,13-38)14-42-8-9-44-26-22-25(40-30(41-29(22)42)45-15-32-6-3-7-43(32)12-16(34)10-32)24(36)21(23(26)33)17-4-5-19(35)27-20(17)18(11-37)28(39)46-27/h4-5,16H,3,6-10,12,14-15,39H2,1-2H3/t16-,32+/m1/s1. The predicted molar refractivity (Wildman–Crippen MR) is 170 cm³/mol. The van der Waals surface area contributed by atoms with E-state index >= 15 is 4.39 Å². The Morgan fingerprint density at radius 1 is 1.24 bits per heavy atom. The lowest BCUT2D eigenvalue weighted by atomic mass is 9.94. The summed E-state index contributed by atoms with van der Waals surface area (Å²) in [6.07, 6.45) is 1.04. The van der Waals surface area contributed by atoms with Gasteiger partial charge in [0.15, 0.2) is 11.6 Å². The second kappa shape index (κ2) is 11.0. The number of nitrogen functional groups attached to an aromatic ring is 1. The van der Waals surface area contributed by atoms with Gasteiger partial charge in [0.1, 0.15) is 47.6 Å². The Morgan fingerprint density at radius 3 is 2.80 bits per heavy atom. The molecule has 2 fully saturated rings. The number of hydrogen-bond donors (Lipinski definition) is 1. The minimum Gasteiger partial charge on any atom is -0.489 e. The topological polar surface area (TPSA) is 124 Å². The highest BCUT2D eigenvalue weighted by Crippen LogP contribution is 2.51. The van der Waals surface area contributed by atoms with Crippen molar-refractivity contribution in [3.05, 3.63) is 34.4 Å². The second-order valence-electron chi connectivity index (χ2n) is 12.8. The molecule has 3 aliphatic rings. The van der Waals surface area contributed by atoms with Crippen LogP contribution in [0.4, 0.5) is 24.0 Å². The molecule has 0 bridgehead atoms.